The second-order valence-electron chi connectivity index (χ2n) is 5.68. The Kier molecular flexibility index (Phi) is 4.51. The highest BCUT2D eigenvalue weighted by atomic mass is 16.3. The van der Waals surface area contributed by atoms with Gasteiger partial charge in [0.15, 0.2) is 0 Å². The van der Waals surface area contributed by atoms with Crippen molar-refractivity contribution in [3.8, 4) is 0 Å². The molecule has 0 heterocycles. The summed E-state index contributed by atoms with van der Waals surface area (Å²) in [5, 5.41) is 10.0. The Morgan fingerprint density at radius 1 is 1.19 bits per heavy atom. The van der Waals surface area contributed by atoms with Gasteiger partial charge in [0.1, 0.15) is 0 Å². The fourth-order valence-electron chi connectivity index (χ4n) is 1.95. The molecule has 16 heavy (non-hydrogen) atoms. The lowest BCUT2D eigenvalue weighted by Gasteiger charge is -2.28. The molecule has 2 heteroatoms. The Hall–Kier alpha value is -0.860. The Labute approximate surface area is 98.9 Å². The monoisotopic (exact) mass is 221 g/mol. The van der Waals surface area contributed by atoms with E-state index in [1.165, 1.54) is 0 Å². The summed E-state index contributed by atoms with van der Waals surface area (Å²) in [4.78, 5) is 2.18. The average molecular weight is 221 g/mol. The van der Waals surface area contributed by atoms with Crippen LogP contribution in [0.5, 0.6) is 0 Å². The molecule has 1 N–H and O–H groups in total. The van der Waals surface area contributed by atoms with Gasteiger partial charge in [0.05, 0.1) is 6.10 Å². The summed E-state index contributed by atoms with van der Waals surface area (Å²) in [6.45, 7) is 8.29. The maximum absolute atomic E-state index is 10.0. The molecule has 90 valence electrons. The first-order valence-electron chi connectivity index (χ1n) is 5.80. The molecule has 1 atom stereocenters. The number of nitrogens with zero attached hydrogens (tertiary/aromatic N) is 1. The molecule has 0 saturated carbocycles. The quantitative estimate of drug-likeness (QED) is 0.845. The first-order chi connectivity index (χ1) is 7.38. The maximum atomic E-state index is 10.0. The fraction of sp³-hybridized carbons (Fsp3) is 0.571. The zero-order chi connectivity index (χ0) is 12.2. The van der Waals surface area contributed by atoms with Crippen LogP contribution in [0.1, 0.15) is 32.4 Å². The number of benzene rings is 1. The van der Waals surface area contributed by atoms with Gasteiger partial charge < -0.3 is 10.0 Å². The van der Waals surface area contributed by atoms with Crippen LogP contribution in [0.2, 0.25) is 0 Å². The predicted molar refractivity (Wildman–Crippen MR) is 68.4 cm³/mol. The van der Waals surface area contributed by atoms with Crippen LogP contribution in [0.4, 0.5) is 0 Å². The van der Waals surface area contributed by atoms with Crippen molar-refractivity contribution in [2.24, 2.45) is 5.41 Å². The second-order valence-corrected chi connectivity index (χ2v) is 5.68. The minimum absolute atomic E-state index is 0.269. The number of rotatable bonds is 4. The number of aliphatic hydroxyl groups excluding tert-OH is 1. The standard InChI is InChI=1S/C14H23NO/c1-14(2,3)11-15(4)10-13(16)12-8-6-5-7-9-12/h5-9,13,16H,10-11H2,1-4H3. The summed E-state index contributed by atoms with van der Waals surface area (Å²) in [6.07, 6.45) is -0.395. The van der Waals surface area contributed by atoms with Crippen LogP contribution in [0.15, 0.2) is 30.3 Å². The maximum Gasteiger partial charge on any atom is 0.0916 e. The van der Waals surface area contributed by atoms with Gasteiger partial charge in [0.2, 0.25) is 0 Å². The van der Waals surface area contributed by atoms with Crippen molar-refractivity contribution in [1.29, 1.82) is 0 Å². The summed E-state index contributed by atoms with van der Waals surface area (Å²) in [5.74, 6) is 0. The topological polar surface area (TPSA) is 23.5 Å². The summed E-state index contributed by atoms with van der Waals surface area (Å²) in [6, 6.07) is 9.82. The van der Waals surface area contributed by atoms with Crippen LogP contribution in [0.3, 0.4) is 0 Å². The third kappa shape index (κ3) is 4.77. The molecule has 0 bridgehead atoms. The Morgan fingerprint density at radius 2 is 1.75 bits per heavy atom. The minimum atomic E-state index is -0.395. The van der Waals surface area contributed by atoms with E-state index in [9.17, 15) is 5.11 Å². The zero-order valence-corrected chi connectivity index (χ0v) is 10.8. The van der Waals surface area contributed by atoms with E-state index in [4.69, 9.17) is 0 Å². The van der Waals surface area contributed by atoms with Crippen molar-refractivity contribution in [1.82, 2.24) is 4.90 Å². The molecule has 0 amide bonds. The molecule has 1 rings (SSSR count). The highest BCUT2D eigenvalue weighted by molar-refractivity contribution is 5.17. The molecule has 0 aromatic heterocycles. The van der Waals surface area contributed by atoms with Gasteiger partial charge in [-0.15, -0.1) is 0 Å². The summed E-state index contributed by atoms with van der Waals surface area (Å²) in [7, 11) is 2.05. The lowest BCUT2D eigenvalue weighted by atomic mass is 9.96. The van der Waals surface area contributed by atoms with Crippen LogP contribution >= 0.6 is 0 Å². The van der Waals surface area contributed by atoms with Crippen molar-refractivity contribution < 1.29 is 5.11 Å². The van der Waals surface area contributed by atoms with Gasteiger partial charge in [-0.3, -0.25) is 0 Å². The van der Waals surface area contributed by atoms with E-state index >= 15 is 0 Å². The smallest absolute Gasteiger partial charge is 0.0916 e. The largest absolute Gasteiger partial charge is 0.387 e. The average Bonchev–Trinajstić information content (AvgIpc) is 2.16. The van der Waals surface area contributed by atoms with Crippen molar-refractivity contribution >= 4 is 0 Å². The molecule has 0 spiro atoms. The zero-order valence-electron chi connectivity index (χ0n) is 10.8. The Morgan fingerprint density at radius 3 is 2.25 bits per heavy atom. The molecule has 0 radical (unpaired) electrons. The predicted octanol–water partition coefficient (Wildman–Crippen LogP) is 2.70. The van der Waals surface area contributed by atoms with Crippen molar-refractivity contribution in [2.45, 2.75) is 26.9 Å². The van der Waals surface area contributed by atoms with Crippen LogP contribution in [0.25, 0.3) is 0 Å². The number of likely N-dealkylation sites (N-methyl/N-ethyl adjacent to an activating group) is 1. The molecule has 0 aliphatic heterocycles. The Bertz CT molecular complexity index is 302. The number of aliphatic hydroxyl groups is 1. The van der Waals surface area contributed by atoms with Gasteiger partial charge >= 0.3 is 0 Å². The van der Waals surface area contributed by atoms with E-state index in [2.05, 4.69) is 32.7 Å². The van der Waals surface area contributed by atoms with Gasteiger partial charge in [0.25, 0.3) is 0 Å². The van der Waals surface area contributed by atoms with Gasteiger partial charge in [-0.1, -0.05) is 51.1 Å². The summed E-state index contributed by atoms with van der Waals surface area (Å²) < 4.78 is 0. The number of hydrogen-bond acceptors (Lipinski definition) is 2. The molecule has 1 unspecified atom stereocenters. The minimum Gasteiger partial charge on any atom is -0.387 e. The fourth-order valence-corrected chi connectivity index (χ4v) is 1.95. The van der Waals surface area contributed by atoms with Gasteiger partial charge in [-0.25, -0.2) is 0 Å². The first kappa shape index (κ1) is 13.2. The van der Waals surface area contributed by atoms with Crippen molar-refractivity contribution in [3.05, 3.63) is 35.9 Å². The molecular formula is C14H23NO. The molecule has 2 nitrogen and oxygen atoms in total. The van der Waals surface area contributed by atoms with Gasteiger partial charge in [-0.2, -0.15) is 0 Å². The lowest BCUT2D eigenvalue weighted by Crippen LogP contribution is -2.32. The summed E-state index contributed by atoms with van der Waals surface area (Å²) in [5.41, 5.74) is 1.26. The third-order valence-electron chi connectivity index (χ3n) is 2.41. The van der Waals surface area contributed by atoms with Gasteiger partial charge in [-0.05, 0) is 18.0 Å². The second kappa shape index (κ2) is 5.46. The van der Waals surface area contributed by atoms with Crippen molar-refractivity contribution in [2.75, 3.05) is 20.1 Å². The van der Waals surface area contributed by atoms with Crippen LogP contribution < -0.4 is 0 Å². The van der Waals surface area contributed by atoms with Crippen LogP contribution in [-0.4, -0.2) is 30.1 Å². The van der Waals surface area contributed by atoms with E-state index in [1.54, 1.807) is 0 Å². The summed E-state index contributed by atoms with van der Waals surface area (Å²) >= 11 is 0. The van der Waals surface area contributed by atoms with Crippen LogP contribution in [0, 0.1) is 5.41 Å². The lowest BCUT2D eigenvalue weighted by molar-refractivity contribution is 0.108. The molecule has 1 aromatic carbocycles. The van der Waals surface area contributed by atoms with Crippen molar-refractivity contribution in [3.63, 3.8) is 0 Å². The number of hydrogen-bond donors (Lipinski definition) is 1. The molecule has 1 aromatic rings. The van der Waals surface area contributed by atoms with Gasteiger partial charge in [0, 0.05) is 13.1 Å². The van der Waals surface area contributed by atoms with E-state index in [0.717, 1.165) is 12.1 Å². The first-order valence-corrected chi connectivity index (χ1v) is 5.80. The third-order valence-corrected chi connectivity index (χ3v) is 2.41. The molecule has 0 saturated heterocycles. The SMILES string of the molecule is CN(CC(O)c1ccccc1)CC(C)(C)C. The Balaban J connectivity index is 2.49. The molecule has 0 fully saturated rings. The highest BCUT2D eigenvalue weighted by Crippen LogP contribution is 2.17. The van der Waals surface area contributed by atoms with E-state index in [-0.39, 0.29) is 5.41 Å². The highest BCUT2D eigenvalue weighted by Gasteiger charge is 2.16. The van der Waals surface area contributed by atoms with E-state index < -0.39 is 6.10 Å². The normalized spacial score (nSPS) is 14.1. The molecular weight excluding hydrogens is 198 g/mol. The van der Waals surface area contributed by atoms with E-state index in [1.807, 2.05) is 30.3 Å². The van der Waals surface area contributed by atoms with E-state index in [0.29, 0.717) is 6.54 Å². The molecule has 0 aliphatic rings. The van der Waals surface area contributed by atoms with Crippen LogP contribution in [-0.2, 0) is 0 Å². The molecule has 0 aliphatic carbocycles.